The molecule has 3 aliphatic carbocycles. The normalized spacial score (nSPS) is 24.3. The molecule has 1 aromatic heterocycles. The van der Waals surface area contributed by atoms with Gasteiger partial charge in [-0.2, -0.15) is 5.10 Å². The van der Waals surface area contributed by atoms with Crippen LogP contribution in [0.5, 0.6) is 0 Å². The molecule has 0 bridgehead atoms. The van der Waals surface area contributed by atoms with Crippen molar-refractivity contribution in [2.24, 2.45) is 35.0 Å². The molecule has 16 rings (SSSR count). The minimum Gasteiger partial charge on any atom is -0.351 e. The Kier molecular flexibility index (Phi) is 25.2. The van der Waals surface area contributed by atoms with Gasteiger partial charge in [0, 0.05) is 56.5 Å². The van der Waals surface area contributed by atoms with E-state index in [9.17, 15) is 74.7 Å². The second-order valence-electron chi connectivity index (χ2n) is 34.5. The highest BCUT2D eigenvalue weighted by molar-refractivity contribution is 6.31. The van der Waals surface area contributed by atoms with Crippen LogP contribution >= 0.6 is 23.2 Å². The first-order valence-electron chi connectivity index (χ1n) is 40.6. The zero-order valence-electron chi connectivity index (χ0n) is 67.6. The molecular weight excluding hydrogens is 1590 g/mol. The maximum Gasteiger partial charge on any atom is 0.314 e. The lowest BCUT2D eigenvalue weighted by molar-refractivity contribution is -0.179. The quantitative estimate of drug-likeness (QED) is 0.0933. The van der Waals surface area contributed by atoms with Gasteiger partial charge >= 0.3 is 18.1 Å². The summed E-state index contributed by atoms with van der Waals surface area (Å²) in [4.78, 5) is 160. The van der Waals surface area contributed by atoms with Gasteiger partial charge in [0.15, 0.2) is 39.6 Å². The lowest BCUT2D eigenvalue weighted by Gasteiger charge is -2.58. The summed E-state index contributed by atoms with van der Waals surface area (Å²) < 4.78 is 68.1. The third-order valence-corrected chi connectivity index (χ3v) is 26.6. The van der Waals surface area contributed by atoms with E-state index in [2.05, 4.69) is 31.0 Å². The summed E-state index contributed by atoms with van der Waals surface area (Å²) in [5.74, 6) is -2.14. The summed E-state index contributed by atoms with van der Waals surface area (Å²) in [6.07, 6.45) is 13.0. The number of benzene rings is 4. The van der Waals surface area contributed by atoms with Gasteiger partial charge in [0.2, 0.25) is 23.6 Å². The Balaban J connectivity index is 0.000000137. The topological polar surface area (TPSA) is 330 Å². The smallest absolute Gasteiger partial charge is 0.314 e. The number of nitrogens with two attached hydrogens (primary N) is 3. The molecule has 4 spiro atoms. The largest absolute Gasteiger partial charge is 0.351 e. The van der Waals surface area contributed by atoms with Crippen molar-refractivity contribution in [3.63, 3.8) is 0 Å². The fraction of sp³-hybridized carbons (Fsp3) is 0.536. The number of hydrogen-bond acceptors (Lipinski definition) is 14. The van der Waals surface area contributed by atoms with Gasteiger partial charge in [-0.1, -0.05) is 74.3 Å². The van der Waals surface area contributed by atoms with Gasteiger partial charge in [-0.25, -0.2) is 36.3 Å². The number of anilines is 1. The number of carbonyl (C=O) groups excluding carboxylic acids is 11. The number of amides is 14. The molecule has 35 heteroatoms. The molecule has 0 atom stereocenters. The molecule has 11 aliphatic rings. The van der Waals surface area contributed by atoms with E-state index >= 15 is 0 Å². The van der Waals surface area contributed by atoms with Crippen LogP contribution in [0.1, 0.15) is 139 Å². The number of halogens is 7. The van der Waals surface area contributed by atoms with Crippen LogP contribution in [-0.4, -0.2) is 254 Å². The number of rotatable bonds is 13. The number of hydrogen-bond donors (Lipinski definition) is 3. The third kappa shape index (κ3) is 17.3. The van der Waals surface area contributed by atoms with E-state index < -0.39 is 63.5 Å². The van der Waals surface area contributed by atoms with Crippen molar-refractivity contribution in [3.05, 3.63) is 158 Å². The third-order valence-electron chi connectivity index (χ3n) is 26.0. The number of piperazine rings is 4. The van der Waals surface area contributed by atoms with Crippen molar-refractivity contribution in [2.45, 2.75) is 191 Å². The van der Waals surface area contributed by atoms with Crippen LogP contribution in [0.3, 0.4) is 0 Å². The number of primary amides is 3. The maximum atomic E-state index is 13.9. The van der Waals surface area contributed by atoms with Gasteiger partial charge in [-0.05, 0) is 198 Å². The number of aryl methyl sites for hydroxylation is 1. The summed E-state index contributed by atoms with van der Waals surface area (Å²) in [5.41, 5.74) is 14.6. The van der Waals surface area contributed by atoms with Crippen LogP contribution in [0.4, 0.5) is 42.2 Å². The molecule has 8 aliphatic heterocycles. The molecule has 4 aromatic carbocycles. The molecular formula is C84H102Cl2F5N17O11. The van der Waals surface area contributed by atoms with Gasteiger partial charge in [0.25, 0.3) is 23.6 Å². The standard InChI is InChI=1S/C22H29FN4O3.C21H26ClFN4O3.C21H26F2N4O3.C20H21ClFN5O2/c1-14-3-6-17(7-4-14)26-11-19(28)27(10-16-5-8-18(23)15(2)9-16)22(20(26)29)12-25(13-22)21(24)30;1-13-2-5-15(6-3-13)26-10-18(28)27(9-14-4-7-17(23)16(22)8-14)21(19(26)29)11-25(12-21)20(24)30;1-13-2-5-15(6-3-13)26-10-18(28)27(9-14-4-7-16(22)17(23)8-14)21(19(26)29)11-25(12-21)20(24)30;1-13(2)26-10-18(28)27(9-14-5-6-15(21)16(22)8-14)20(19(26)29)11-25(12-20)17-4-3-7-23-24-17/h5,8-9,14,17H,3-4,6-7,10-13H2,1-2H3,(H2,24,30);2*4,7-8,13,15H,2-3,5-6,9-12H2,1H3,(H2,24,30);3-8,13H,9-12H2,1-2H3. The monoisotopic (exact) mass is 1690 g/mol. The maximum absolute atomic E-state index is 13.9. The van der Waals surface area contributed by atoms with Gasteiger partial charge in [0.1, 0.15) is 43.6 Å². The van der Waals surface area contributed by atoms with Gasteiger partial charge in [-0.3, -0.25) is 38.4 Å². The van der Waals surface area contributed by atoms with Gasteiger partial charge in [0.05, 0.1) is 62.4 Å². The van der Waals surface area contributed by atoms with Crippen LogP contribution in [0.25, 0.3) is 0 Å². The fourth-order valence-electron chi connectivity index (χ4n) is 18.7. The van der Waals surface area contributed by atoms with E-state index in [1.807, 2.05) is 24.8 Å². The number of likely N-dealkylation sites (tertiary alicyclic amines) is 3. The Hall–Kier alpha value is -10.4. The highest BCUT2D eigenvalue weighted by Crippen LogP contribution is 2.44. The predicted octanol–water partition coefficient (Wildman–Crippen LogP) is 8.33. The molecule has 638 valence electrons. The van der Waals surface area contributed by atoms with E-state index in [0.717, 1.165) is 94.7 Å². The molecule has 119 heavy (non-hydrogen) atoms. The second kappa shape index (κ2) is 34.7. The highest BCUT2D eigenvalue weighted by atomic mass is 35.5. The summed E-state index contributed by atoms with van der Waals surface area (Å²) >= 11 is 11.7. The zero-order chi connectivity index (χ0) is 85.6. The minimum absolute atomic E-state index is 0.00238. The number of urea groups is 3. The van der Waals surface area contributed by atoms with E-state index in [1.165, 1.54) is 60.9 Å². The summed E-state index contributed by atoms with van der Waals surface area (Å²) in [6.45, 7) is 13.5. The second-order valence-corrected chi connectivity index (χ2v) is 35.3. The first-order chi connectivity index (χ1) is 56.4. The highest BCUT2D eigenvalue weighted by Gasteiger charge is 2.65. The molecule has 28 nitrogen and oxygen atoms in total. The Morgan fingerprint density at radius 2 is 0.765 bits per heavy atom. The van der Waals surface area contributed by atoms with E-state index in [0.29, 0.717) is 58.9 Å². The molecule has 9 heterocycles. The number of carbonyl (C=O) groups is 11. The summed E-state index contributed by atoms with van der Waals surface area (Å²) in [5, 5.41) is 7.95. The molecule has 0 radical (unpaired) electrons. The average Bonchev–Trinajstić information content (AvgIpc) is 0.732. The van der Waals surface area contributed by atoms with E-state index in [-0.39, 0.29) is 179 Å². The zero-order valence-corrected chi connectivity index (χ0v) is 69.1. The molecule has 0 unspecified atom stereocenters. The van der Waals surface area contributed by atoms with Crippen LogP contribution in [0.15, 0.2) is 91.1 Å². The summed E-state index contributed by atoms with van der Waals surface area (Å²) in [7, 11) is 0. The van der Waals surface area contributed by atoms with Crippen molar-refractivity contribution < 1.29 is 74.7 Å². The van der Waals surface area contributed by atoms with Crippen LogP contribution in [-0.2, 0) is 64.5 Å². The molecule has 14 amide bonds. The van der Waals surface area contributed by atoms with Crippen LogP contribution in [0.2, 0.25) is 10.0 Å². The molecule has 6 N–H and O–H groups in total. The van der Waals surface area contributed by atoms with Crippen molar-refractivity contribution in [2.75, 3.05) is 83.4 Å². The van der Waals surface area contributed by atoms with E-state index in [4.69, 9.17) is 40.4 Å². The molecule has 11 fully saturated rings. The number of aromatic nitrogens is 2. The fourth-order valence-corrected chi connectivity index (χ4v) is 19.0. The Morgan fingerprint density at radius 1 is 0.420 bits per heavy atom. The lowest BCUT2D eigenvalue weighted by Crippen LogP contribution is -2.82. The van der Waals surface area contributed by atoms with Gasteiger partial charge < -0.3 is 76.0 Å². The van der Waals surface area contributed by atoms with Crippen molar-refractivity contribution in [3.8, 4) is 0 Å². The Morgan fingerprint density at radius 3 is 1.11 bits per heavy atom. The van der Waals surface area contributed by atoms with Crippen molar-refractivity contribution in [1.29, 1.82) is 0 Å². The van der Waals surface area contributed by atoms with E-state index in [1.54, 1.807) is 72.9 Å². The lowest BCUT2D eigenvalue weighted by atomic mass is 9.80. The average molecular weight is 1690 g/mol. The molecule has 3 saturated carbocycles. The SMILES string of the molecule is CC(C)N1CC(=O)N(Cc2ccc(Cl)c(F)c2)C2(CN(c3cccnn3)C2)C1=O.CC1CCC(N2CC(=O)N(Cc3ccc(F)c(Cl)c3)C3(CN(C(N)=O)C3)C2=O)CC1.CC1CCC(N2CC(=O)N(Cc3ccc(F)c(F)c3)C3(CN(C(N)=O)C3)C2=O)CC1.Cc1cc(CN2C(=O)CN(C3CCC(C)CC3)C(=O)C23CN(C(N)=O)C3)ccc1F. The minimum atomic E-state index is -1.21. The molecule has 8 saturated heterocycles. The van der Waals surface area contributed by atoms with Gasteiger partial charge in [-0.15, -0.1) is 5.10 Å². The number of nitrogens with zero attached hydrogens (tertiary/aromatic N) is 14. The van der Waals surface area contributed by atoms with Crippen molar-refractivity contribution in [1.82, 2.24) is 64.1 Å². The Bertz CT molecular complexity index is 4420. The van der Waals surface area contributed by atoms with Crippen LogP contribution in [0, 0.1) is 53.8 Å². The predicted molar refractivity (Wildman–Crippen MR) is 427 cm³/mol. The Labute approximate surface area is 697 Å². The summed E-state index contributed by atoms with van der Waals surface area (Å²) in [6, 6.07) is 18.5. The first kappa shape index (κ1) is 86.4. The first-order valence-corrected chi connectivity index (χ1v) is 41.4. The molecule has 5 aromatic rings. The van der Waals surface area contributed by atoms with Crippen molar-refractivity contribution >= 4 is 94.4 Å². The van der Waals surface area contributed by atoms with Crippen LogP contribution < -0.4 is 22.1 Å².